The van der Waals surface area contributed by atoms with Crippen molar-refractivity contribution >= 4 is 0 Å². The fourth-order valence-electron chi connectivity index (χ4n) is 1.60. The first kappa shape index (κ1) is 12.2. The summed E-state index contributed by atoms with van der Waals surface area (Å²) >= 11 is 0. The van der Waals surface area contributed by atoms with Gasteiger partial charge in [-0.25, -0.2) is 0 Å². The van der Waals surface area contributed by atoms with E-state index in [4.69, 9.17) is 10.5 Å². The van der Waals surface area contributed by atoms with Crippen molar-refractivity contribution < 1.29 is 4.74 Å². The molecule has 2 atom stereocenters. The van der Waals surface area contributed by atoms with Crippen molar-refractivity contribution in [2.75, 3.05) is 6.61 Å². The summed E-state index contributed by atoms with van der Waals surface area (Å²) in [6, 6.07) is 10.6. The zero-order chi connectivity index (χ0) is 11.1. The van der Waals surface area contributed by atoms with Crippen LogP contribution < -0.4 is 5.73 Å². The molecule has 2 heteroatoms. The van der Waals surface area contributed by atoms with E-state index in [0.717, 1.165) is 19.4 Å². The first-order valence-corrected chi connectivity index (χ1v) is 5.65. The Morgan fingerprint density at radius 1 is 1.27 bits per heavy atom. The van der Waals surface area contributed by atoms with Crippen LogP contribution in [0.15, 0.2) is 30.3 Å². The van der Waals surface area contributed by atoms with Gasteiger partial charge in [0.15, 0.2) is 0 Å². The van der Waals surface area contributed by atoms with Gasteiger partial charge in [0.1, 0.15) is 0 Å². The number of hydrogen-bond donors (Lipinski definition) is 1. The van der Waals surface area contributed by atoms with Gasteiger partial charge in [-0.1, -0.05) is 30.3 Å². The molecule has 2 unspecified atom stereocenters. The van der Waals surface area contributed by atoms with Gasteiger partial charge in [0, 0.05) is 12.6 Å². The third kappa shape index (κ3) is 4.45. The molecule has 0 heterocycles. The molecule has 0 saturated heterocycles. The Morgan fingerprint density at radius 2 is 1.93 bits per heavy atom. The van der Waals surface area contributed by atoms with Crippen LogP contribution in [0.4, 0.5) is 0 Å². The topological polar surface area (TPSA) is 35.2 Å². The van der Waals surface area contributed by atoms with Crippen molar-refractivity contribution in [1.29, 1.82) is 0 Å². The first-order chi connectivity index (χ1) is 7.24. The Kier molecular flexibility index (Phi) is 5.37. The van der Waals surface area contributed by atoms with Crippen LogP contribution in [0.3, 0.4) is 0 Å². The molecular formula is C13H21NO. The summed E-state index contributed by atoms with van der Waals surface area (Å²) < 4.78 is 5.47. The van der Waals surface area contributed by atoms with Gasteiger partial charge in [0.25, 0.3) is 0 Å². The molecule has 0 aromatic heterocycles. The van der Waals surface area contributed by atoms with Crippen molar-refractivity contribution in [2.45, 2.75) is 38.8 Å². The Morgan fingerprint density at radius 3 is 2.53 bits per heavy atom. The third-order valence-corrected chi connectivity index (χ3v) is 2.64. The zero-order valence-corrected chi connectivity index (χ0v) is 9.65. The molecule has 2 nitrogen and oxygen atoms in total. The molecule has 0 saturated carbocycles. The number of hydrogen-bond acceptors (Lipinski definition) is 2. The summed E-state index contributed by atoms with van der Waals surface area (Å²) in [5.74, 6) is 0. The van der Waals surface area contributed by atoms with Gasteiger partial charge in [-0.2, -0.15) is 0 Å². The summed E-state index contributed by atoms with van der Waals surface area (Å²) in [5.41, 5.74) is 7.37. The predicted octanol–water partition coefficient (Wildman–Crippen LogP) is 2.37. The lowest BCUT2D eigenvalue weighted by Crippen LogP contribution is -2.35. The van der Waals surface area contributed by atoms with Crippen molar-refractivity contribution in [3.05, 3.63) is 35.9 Å². The highest BCUT2D eigenvalue weighted by atomic mass is 16.5. The molecule has 0 amide bonds. The quantitative estimate of drug-likeness (QED) is 0.777. The van der Waals surface area contributed by atoms with Crippen molar-refractivity contribution in [1.82, 2.24) is 0 Å². The van der Waals surface area contributed by atoms with Crippen molar-refractivity contribution in [3.63, 3.8) is 0 Å². The Labute approximate surface area is 92.4 Å². The third-order valence-electron chi connectivity index (χ3n) is 2.64. The molecule has 0 radical (unpaired) electrons. The van der Waals surface area contributed by atoms with Crippen LogP contribution in [0.2, 0.25) is 0 Å². The highest BCUT2D eigenvalue weighted by Crippen LogP contribution is 2.07. The monoisotopic (exact) mass is 207 g/mol. The van der Waals surface area contributed by atoms with E-state index >= 15 is 0 Å². The molecule has 0 aliphatic rings. The van der Waals surface area contributed by atoms with Crippen LogP contribution in [0.1, 0.15) is 25.8 Å². The maximum atomic E-state index is 6.03. The molecule has 0 bridgehead atoms. The van der Waals surface area contributed by atoms with E-state index in [1.165, 1.54) is 5.56 Å². The lowest BCUT2D eigenvalue weighted by Gasteiger charge is -2.19. The average molecular weight is 207 g/mol. The second-order valence-corrected chi connectivity index (χ2v) is 3.85. The fraction of sp³-hybridized carbons (Fsp3) is 0.538. The number of rotatable bonds is 6. The minimum Gasteiger partial charge on any atom is -0.377 e. The Hall–Kier alpha value is -0.860. The minimum absolute atomic E-state index is 0.130. The molecule has 1 aromatic rings. The second-order valence-electron chi connectivity index (χ2n) is 3.85. The van der Waals surface area contributed by atoms with Crippen LogP contribution in [0.25, 0.3) is 0 Å². The zero-order valence-electron chi connectivity index (χ0n) is 9.65. The SMILES string of the molecule is CCOC(C)C(N)CCc1ccccc1. The Bertz CT molecular complexity index is 260. The maximum Gasteiger partial charge on any atom is 0.0697 e. The van der Waals surface area contributed by atoms with Crippen LogP contribution in [0, 0.1) is 0 Å². The number of aryl methyl sites for hydroxylation is 1. The molecule has 0 aliphatic heterocycles. The predicted molar refractivity (Wildman–Crippen MR) is 63.8 cm³/mol. The Balaban J connectivity index is 2.31. The summed E-state index contributed by atoms with van der Waals surface area (Å²) in [7, 11) is 0. The number of nitrogens with two attached hydrogens (primary N) is 1. The summed E-state index contributed by atoms with van der Waals surface area (Å²) in [4.78, 5) is 0. The fourth-order valence-corrected chi connectivity index (χ4v) is 1.60. The van der Waals surface area contributed by atoms with E-state index in [-0.39, 0.29) is 12.1 Å². The largest absolute Gasteiger partial charge is 0.377 e. The molecule has 0 aliphatic carbocycles. The van der Waals surface area contributed by atoms with Gasteiger partial charge in [-0.05, 0) is 32.3 Å². The highest BCUT2D eigenvalue weighted by Gasteiger charge is 2.11. The summed E-state index contributed by atoms with van der Waals surface area (Å²) in [6.45, 7) is 4.78. The standard InChI is InChI=1S/C13H21NO/c1-3-15-11(2)13(14)10-9-12-7-5-4-6-8-12/h4-8,11,13H,3,9-10,14H2,1-2H3. The molecule has 84 valence electrons. The van der Waals surface area contributed by atoms with Crippen LogP contribution in [-0.2, 0) is 11.2 Å². The van der Waals surface area contributed by atoms with Crippen LogP contribution in [0.5, 0.6) is 0 Å². The minimum atomic E-state index is 0.130. The molecule has 2 N–H and O–H groups in total. The molecule has 1 rings (SSSR count). The van der Waals surface area contributed by atoms with Gasteiger partial charge >= 0.3 is 0 Å². The summed E-state index contributed by atoms with van der Waals surface area (Å²) in [5, 5.41) is 0. The van der Waals surface area contributed by atoms with Crippen molar-refractivity contribution in [3.8, 4) is 0 Å². The van der Waals surface area contributed by atoms with E-state index in [1.807, 2.05) is 19.9 Å². The number of benzene rings is 1. The van der Waals surface area contributed by atoms with Gasteiger partial charge in [0.2, 0.25) is 0 Å². The normalized spacial score (nSPS) is 14.9. The van der Waals surface area contributed by atoms with Gasteiger partial charge in [-0.15, -0.1) is 0 Å². The molecule has 0 spiro atoms. The lowest BCUT2D eigenvalue weighted by atomic mass is 10.0. The molecule has 0 fully saturated rings. The van der Waals surface area contributed by atoms with E-state index < -0.39 is 0 Å². The van der Waals surface area contributed by atoms with Crippen molar-refractivity contribution in [2.24, 2.45) is 5.73 Å². The van der Waals surface area contributed by atoms with Gasteiger partial charge < -0.3 is 10.5 Å². The second kappa shape index (κ2) is 6.59. The smallest absolute Gasteiger partial charge is 0.0697 e. The highest BCUT2D eigenvalue weighted by molar-refractivity contribution is 5.14. The van der Waals surface area contributed by atoms with E-state index in [9.17, 15) is 0 Å². The molecule has 1 aromatic carbocycles. The van der Waals surface area contributed by atoms with Crippen LogP contribution in [-0.4, -0.2) is 18.8 Å². The van der Waals surface area contributed by atoms with Crippen LogP contribution >= 0.6 is 0 Å². The van der Waals surface area contributed by atoms with E-state index in [2.05, 4.69) is 24.3 Å². The first-order valence-electron chi connectivity index (χ1n) is 5.65. The van der Waals surface area contributed by atoms with E-state index in [1.54, 1.807) is 0 Å². The summed E-state index contributed by atoms with van der Waals surface area (Å²) in [6.07, 6.45) is 2.16. The maximum absolute atomic E-state index is 6.03. The molecule has 15 heavy (non-hydrogen) atoms. The number of ether oxygens (including phenoxy) is 1. The van der Waals surface area contributed by atoms with E-state index in [0.29, 0.717) is 0 Å². The average Bonchev–Trinajstić information content (AvgIpc) is 2.27. The van der Waals surface area contributed by atoms with Gasteiger partial charge in [0.05, 0.1) is 6.10 Å². The van der Waals surface area contributed by atoms with Gasteiger partial charge in [-0.3, -0.25) is 0 Å². The lowest BCUT2D eigenvalue weighted by molar-refractivity contribution is 0.0557. The molecular weight excluding hydrogens is 186 g/mol.